The number of aromatic nitrogens is 2. The highest BCUT2D eigenvalue weighted by atomic mass is 32.2. The Morgan fingerprint density at radius 2 is 2.18 bits per heavy atom. The van der Waals surface area contributed by atoms with E-state index in [9.17, 15) is 29.0 Å². The number of thioether (sulfide) groups is 2. The van der Waals surface area contributed by atoms with Crippen LogP contribution in [0.5, 0.6) is 5.75 Å². The van der Waals surface area contributed by atoms with Crippen molar-refractivity contribution in [2.45, 2.75) is 28.7 Å². The van der Waals surface area contributed by atoms with Crippen LogP contribution < -0.4 is 11.1 Å². The summed E-state index contributed by atoms with van der Waals surface area (Å²) in [5, 5.41) is 29.7. The molecular weight excluding hydrogens is 493 g/mol. The fourth-order valence-electron chi connectivity index (χ4n) is 3.39. The summed E-state index contributed by atoms with van der Waals surface area (Å²) in [7, 11) is 0. The van der Waals surface area contributed by atoms with Crippen LogP contribution in [0.4, 0.5) is 4.39 Å². The highest BCUT2D eigenvalue weighted by Gasteiger charge is 2.54. The van der Waals surface area contributed by atoms with E-state index in [-0.39, 0.29) is 11.3 Å². The molecule has 2 aliphatic heterocycles. The molecule has 3 heterocycles. The van der Waals surface area contributed by atoms with E-state index in [0.717, 1.165) is 17.1 Å². The third-order valence-electron chi connectivity index (χ3n) is 5.04. The molecule has 1 aromatic carbocycles. The number of carbonyl (C=O) groups excluding carboxylic acids is 2. The van der Waals surface area contributed by atoms with E-state index >= 15 is 0 Å². The van der Waals surface area contributed by atoms with Gasteiger partial charge in [-0.15, -0.1) is 22.0 Å². The smallest absolute Gasteiger partial charge is 0.352 e. The molecule has 0 radical (unpaired) electrons. The van der Waals surface area contributed by atoms with Crippen LogP contribution in [0.25, 0.3) is 0 Å². The van der Waals surface area contributed by atoms with Gasteiger partial charge in [-0.05, 0) is 30.2 Å². The van der Waals surface area contributed by atoms with Gasteiger partial charge in [0, 0.05) is 11.5 Å². The van der Waals surface area contributed by atoms with E-state index in [2.05, 4.69) is 15.5 Å². The predicted octanol–water partition coefficient (Wildman–Crippen LogP) is 1.22. The quantitative estimate of drug-likeness (QED) is 0.314. The van der Waals surface area contributed by atoms with Crippen molar-refractivity contribution in [3.63, 3.8) is 0 Å². The fraction of sp³-hybridized carbons (Fsp3) is 0.316. The maximum absolute atomic E-state index is 13.6. The minimum atomic E-state index is -1.27. The molecule has 2 unspecified atom stereocenters. The molecule has 33 heavy (non-hydrogen) atoms. The van der Waals surface area contributed by atoms with Crippen LogP contribution in [-0.4, -0.2) is 66.0 Å². The number of carbonyl (C=O) groups is 3. The second-order valence-electron chi connectivity index (χ2n) is 7.22. The maximum Gasteiger partial charge on any atom is 0.352 e. The predicted molar refractivity (Wildman–Crippen MR) is 120 cm³/mol. The zero-order chi connectivity index (χ0) is 23.9. The number of hydrogen-bond donors (Lipinski definition) is 4. The number of amides is 2. The average molecular weight is 512 g/mol. The Morgan fingerprint density at radius 1 is 1.42 bits per heavy atom. The van der Waals surface area contributed by atoms with E-state index in [0.29, 0.717) is 21.4 Å². The van der Waals surface area contributed by atoms with Gasteiger partial charge >= 0.3 is 5.97 Å². The van der Waals surface area contributed by atoms with Crippen molar-refractivity contribution in [3.8, 4) is 5.75 Å². The number of benzene rings is 1. The number of aliphatic carboxylic acids is 1. The number of phenolic OH excluding ortho intramolecular Hbond substituents is 1. The van der Waals surface area contributed by atoms with Gasteiger partial charge in [-0.1, -0.05) is 29.2 Å². The number of rotatable bonds is 7. The van der Waals surface area contributed by atoms with Crippen LogP contribution in [0.1, 0.15) is 16.6 Å². The lowest BCUT2D eigenvalue weighted by Gasteiger charge is -2.49. The van der Waals surface area contributed by atoms with Crippen molar-refractivity contribution in [1.82, 2.24) is 20.4 Å². The lowest BCUT2D eigenvalue weighted by atomic mass is 10.0. The van der Waals surface area contributed by atoms with Crippen LogP contribution in [0.2, 0.25) is 0 Å². The Labute approximate surface area is 199 Å². The SMILES string of the molecule is Cc1nnc(SCC2=C(C(=O)O)N3C(=O)C(NC(=O)C(N)c4ccc(O)c(F)c4)[C@H]3SC2)s1. The van der Waals surface area contributed by atoms with Crippen molar-refractivity contribution < 1.29 is 29.0 Å². The van der Waals surface area contributed by atoms with Gasteiger partial charge in [0.25, 0.3) is 5.91 Å². The number of nitrogens with zero attached hydrogens (tertiary/aromatic N) is 3. The molecule has 2 aliphatic rings. The van der Waals surface area contributed by atoms with Gasteiger partial charge in [-0.3, -0.25) is 14.5 Å². The molecule has 1 fully saturated rings. The van der Waals surface area contributed by atoms with Gasteiger partial charge in [0.2, 0.25) is 5.91 Å². The Morgan fingerprint density at radius 3 is 2.82 bits per heavy atom. The first kappa shape index (κ1) is 23.5. The highest BCUT2D eigenvalue weighted by Crippen LogP contribution is 2.42. The molecule has 4 rings (SSSR count). The van der Waals surface area contributed by atoms with Crippen LogP contribution >= 0.6 is 34.9 Å². The fourth-order valence-corrected chi connectivity index (χ4v) is 6.69. The van der Waals surface area contributed by atoms with Gasteiger partial charge in [-0.25, -0.2) is 9.18 Å². The number of nitrogens with one attached hydrogen (secondary N) is 1. The summed E-state index contributed by atoms with van der Waals surface area (Å²) in [6.45, 7) is 1.82. The molecule has 14 heteroatoms. The van der Waals surface area contributed by atoms with Crippen molar-refractivity contribution in [1.29, 1.82) is 0 Å². The Kier molecular flexibility index (Phi) is 6.61. The summed E-state index contributed by atoms with van der Waals surface area (Å²) < 4.78 is 14.3. The van der Waals surface area contributed by atoms with Gasteiger partial charge in [0.1, 0.15) is 28.2 Å². The number of β-lactam (4-membered cyclic amide) rings is 1. The summed E-state index contributed by atoms with van der Waals surface area (Å²) in [5.41, 5.74) is 6.50. The van der Waals surface area contributed by atoms with Gasteiger partial charge in [0.05, 0.1) is 0 Å². The van der Waals surface area contributed by atoms with Crippen LogP contribution in [0, 0.1) is 12.7 Å². The number of phenols is 1. The molecule has 0 aliphatic carbocycles. The van der Waals surface area contributed by atoms with Crippen molar-refractivity contribution >= 4 is 52.6 Å². The minimum Gasteiger partial charge on any atom is -0.505 e. The second-order valence-corrected chi connectivity index (χ2v) is 10.7. The molecule has 0 spiro atoms. The summed E-state index contributed by atoms with van der Waals surface area (Å²) in [5.74, 6) is -3.29. The van der Waals surface area contributed by atoms with E-state index in [1.54, 1.807) is 0 Å². The lowest BCUT2D eigenvalue weighted by molar-refractivity contribution is -0.150. The van der Waals surface area contributed by atoms with E-state index in [4.69, 9.17) is 5.73 Å². The Hall–Kier alpha value is -2.68. The average Bonchev–Trinajstić information content (AvgIpc) is 3.21. The lowest BCUT2D eigenvalue weighted by Crippen LogP contribution is -2.71. The highest BCUT2D eigenvalue weighted by molar-refractivity contribution is 8.01. The summed E-state index contributed by atoms with van der Waals surface area (Å²) in [6.07, 6.45) is 0. The molecular formula is C19H18FN5O5S3. The number of carboxylic acids is 1. The Bertz CT molecular complexity index is 1170. The third kappa shape index (κ3) is 4.55. The number of halogens is 1. The number of fused-ring (bicyclic) bond motifs is 1. The molecule has 174 valence electrons. The molecule has 1 aromatic heterocycles. The molecule has 5 N–H and O–H groups in total. The largest absolute Gasteiger partial charge is 0.505 e. The van der Waals surface area contributed by atoms with Crippen molar-refractivity contribution in [2.24, 2.45) is 5.73 Å². The third-order valence-corrected chi connectivity index (χ3v) is 8.44. The van der Waals surface area contributed by atoms with E-state index < -0.39 is 46.8 Å². The van der Waals surface area contributed by atoms with Gasteiger partial charge in [-0.2, -0.15) is 0 Å². The molecule has 2 amide bonds. The second kappa shape index (κ2) is 9.29. The maximum atomic E-state index is 13.6. The molecule has 0 saturated carbocycles. The minimum absolute atomic E-state index is 0.0899. The van der Waals surface area contributed by atoms with Crippen molar-refractivity contribution in [3.05, 3.63) is 45.9 Å². The summed E-state index contributed by atoms with van der Waals surface area (Å²) in [6, 6.07) is 1.11. The molecule has 10 nitrogen and oxygen atoms in total. The first-order valence-corrected chi connectivity index (χ1v) is 12.4. The number of carboxylic acid groups (broad SMARTS) is 1. The number of hydrogen-bond acceptors (Lipinski definition) is 10. The van der Waals surface area contributed by atoms with E-state index in [1.165, 1.54) is 45.8 Å². The standard InChI is InChI=1S/C19H18FN5O5S3/c1-7-23-24-19(33-7)32-6-9-5-31-17-13(16(28)25(17)14(9)18(29)30)22-15(27)12(21)8-2-3-11(26)10(20)4-8/h2-4,12-13,17,26H,5-6,21H2,1H3,(H,22,27)(H,29,30)/t12?,13?,17-/m1/s1. The van der Waals surface area contributed by atoms with Crippen LogP contribution in [0.15, 0.2) is 33.8 Å². The molecule has 3 atom stereocenters. The molecule has 0 bridgehead atoms. The number of aryl methyl sites for hydroxylation is 1. The van der Waals surface area contributed by atoms with Crippen LogP contribution in [0.3, 0.4) is 0 Å². The van der Waals surface area contributed by atoms with Gasteiger partial charge in [0.15, 0.2) is 15.9 Å². The topological polar surface area (TPSA) is 159 Å². The normalized spacial score (nSPS) is 20.8. The summed E-state index contributed by atoms with van der Waals surface area (Å²) in [4.78, 5) is 38.4. The Balaban J connectivity index is 1.45. The summed E-state index contributed by atoms with van der Waals surface area (Å²) >= 11 is 4.09. The van der Waals surface area contributed by atoms with E-state index in [1.807, 2.05) is 6.92 Å². The first-order valence-electron chi connectivity index (χ1n) is 9.54. The van der Waals surface area contributed by atoms with Crippen molar-refractivity contribution in [2.75, 3.05) is 11.5 Å². The number of nitrogens with two attached hydrogens (primary N) is 1. The molecule has 1 saturated heterocycles. The van der Waals surface area contributed by atoms with Gasteiger partial charge < -0.3 is 21.3 Å². The monoisotopic (exact) mass is 511 g/mol. The first-order chi connectivity index (χ1) is 15.7. The van der Waals surface area contributed by atoms with Crippen LogP contribution in [-0.2, 0) is 14.4 Å². The zero-order valence-corrected chi connectivity index (χ0v) is 19.5. The molecule has 2 aromatic rings. The zero-order valence-electron chi connectivity index (χ0n) is 17.0. The number of aromatic hydroxyl groups is 1.